The van der Waals surface area contributed by atoms with Crippen LogP contribution < -0.4 is 9.88 Å². The Hall–Kier alpha value is -0.370. The van der Waals surface area contributed by atoms with Gasteiger partial charge < -0.3 is 4.74 Å². The smallest absolute Gasteiger partial charge is 0.209 e. The van der Waals surface area contributed by atoms with Gasteiger partial charge in [0.25, 0.3) is 0 Å². The van der Waals surface area contributed by atoms with Crippen molar-refractivity contribution in [3.05, 3.63) is 27.4 Å². The van der Waals surface area contributed by atoms with Crippen molar-refractivity contribution in [3.8, 4) is 5.75 Å². The third-order valence-electron chi connectivity index (χ3n) is 2.31. The van der Waals surface area contributed by atoms with Crippen LogP contribution in [0.5, 0.6) is 5.75 Å². The maximum Gasteiger partial charge on any atom is 0.209 e. The minimum absolute atomic E-state index is 0.0207. The Morgan fingerprint density at radius 3 is 2.63 bits per heavy atom. The molecule has 1 aromatic carbocycles. The van der Waals surface area contributed by atoms with Gasteiger partial charge in [0.15, 0.2) is 0 Å². The Morgan fingerprint density at radius 1 is 1.32 bits per heavy atom. The maximum absolute atomic E-state index is 13.2. The summed E-state index contributed by atoms with van der Waals surface area (Å²) in [5.41, 5.74) is 0. The topological polar surface area (TPSA) is 69.4 Å². The Bertz CT molecular complexity index is 539. The molecule has 0 spiro atoms. The summed E-state index contributed by atoms with van der Waals surface area (Å²) in [6.45, 7) is 0.365. The van der Waals surface area contributed by atoms with E-state index in [4.69, 9.17) is 21.5 Å². The summed E-state index contributed by atoms with van der Waals surface area (Å²) in [6.07, 6.45) is 1.81. The molecule has 0 fully saturated rings. The fourth-order valence-corrected chi connectivity index (χ4v) is 2.74. The first-order valence-corrected chi connectivity index (χ1v) is 8.46. The molecule has 108 valence electrons. The number of ether oxygens (including phenoxy) is 1. The van der Waals surface area contributed by atoms with Gasteiger partial charge in [-0.3, -0.25) is 0 Å². The van der Waals surface area contributed by atoms with Crippen molar-refractivity contribution in [1.29, 1.82) is 0 Å². The molecule has 0 aliphatic rings. The van der Waals surface area contributed by atoms with Crippen LogP contribution in [0.2, 0.25) is 5.02 Å². The van der Waals surface area contributed by atoms with Crippen molar-refractivity contribution < 1.29 is 17.5 Å². The summed E-state index contributed by atoms with van der Waals surface area (Å²) in [6, 6.07) is 2.63. The molecule has 0 aliphatic carbocycles. The number of sulfonamides is 1. The minimum Gasteiger partial charge on any atom is -0.492 e. The molecule has 1 aromatic rings. The van der Waals surface area contributed by atoms with Crippen molar-refractivity contribution in [2.45, 2.75) is 19.3 Å². The van der Waals surface area contributed by atoms with Crippen LogP contribution in [0.3, 0.4) is 0 Å². The lowest BCUT2D eigenvalue weighted by Gasteiger charge is -2.08. The van der Waals surface area contributed by atoms with Crippen molar-refractivity contribution in [2.24, 2.45) is 5.14 Å². The van der Waals surface area contributed by atoms with Crippen molar-refractivity contribution >= 4 is 37.6 Å². The van der Waals surface area contributed by atoms with Crippen molar-refractivity contribution in [3.63, 3.8) is 0 Å². The molecule has 0 saturated carbocycles. The molecule has 0 aliphatic heterocycles. The lowest BCUT2D eigenvalue weighted by atomic mass is 10.2. The van der Waals surface area contributed by atoms with E-state index in [2.05, 4.69) is 15.9 Å². The van der Waals surface area contributed by atoms with E-state index in [9.17, 15) is 12.8 Å². The summed E-state index contributed by atoms with van der Waals surface area (Å²) < 4.78 is 40.5. The zero-order valence-electron chi connectivity index (χ0n) is 10.0. The second kappa shape index (κ2) is 7.42. The maximum atomic E-state index is 13.2. The van der Waals surface area contributed by atoms with Gasteiger partial charge in [0.2, 0.25) is 10.0 Å². The first-order valence-electron chi connectivity index (χ1n) is 5.57. The summed E-state index contributed by atoms with van der Waals surface area (Å²) in [7, 11) is -3.39. The molecule has 8 heteroatoms. The third-order valence-corrected chi connectivity index (χ3v) is 4.07. The minimum atomic E-state index is -3.39. The SMILES string of the molecule is NS(=O)(=O)CCCCCOc1cc(F)c(Cl)cc1Br. The fourth-order valence-electron chi connectivity index (χ4n) is 1.38. The Labute approximate surface area is 125 Å². The molecule has 0 radical (unpaired) electrons. The Balaban J connectivity index is 2.32. The standard InChI is InChI=1S/C11H14BrClFNO3S/c12-8-6-9(13)10(14)7-11(8)18-4-2-1-3-5-19(15,16)17/h6-7H,1-5H2,(H2,15,16,17). The van der Waals surface area contributed by atoms with E-state index >= 15 is 0 Å². The van der Waals surface area contributed by atoms with Gasteiger partial charge in [-0.15, -0.1) is 0 Å². The van der Waals surface area contributed by atoms with E-state index in [0.717, 1.165) is 0 Å². The number of hydrogen-bond acceptors (Lipinski definition) is 3. The van der Waals surface area contributed by atoms with Gasteiger partial charge in [-0.25, -0.2) is 17.9 Å². The highest BCUT2D eigenvalue weighted by molar-refractivity contribution is 9.10. The lowest BCUT2D eigenvalue weighted by molar-refractivity contribution is 0.303. The van der Waals surface area contributed by atoms with Gasteiger partial charge >= 0.3 is 0 Å². The second-order valence-electron chi connectivity index (χ2n) is 3.97. The van der Waals surface area contributed by atoms with Gasteiger partial charge in [-0.05, 0) is 41.3 Å². The number of benzene rings is 1. The van der Waals surface area contributed by atoms with Gasteiger partial charge in [0.1, 0.15) is 11.6 Å². The van der Waals surface area contributed by atoms with Crippen LogP contribution in [-0.4, -0.2) is 20.8 Å². The monoisotopic (exact) mass is 373 g/mol. The molecule has 0 heterocycles. The van der Waals surface area contributed by atoms with E-state index in [1.165, 1.54) is 12.1 Å². The molecular formula is C11H14BrClFNO3S. The molecule has 0 atom stereocenters. The number of nitrogens with two attached hydrogens (primary N) is 1. The highest BCUT2D eigenvalue weighted by Crippen LogP contribution is 2.30. The van der Waals surface area contributed by atoms with Gasteiger partial charge in [-0.1, -0.05) is 11.6 Å². The molecule has 2 N–H and O–H groups in total. The lowest BCUT2D eigenvalue weighted by Crippen LogP contribution is -2.16. The zero-order valence-corrected chi connectivity index (χ0v) is 13.2. The third kappa shape index (κ3) is 6.56. The van der Waals surface area contributed by atoms with Crippen LogP contribution in [0.4, 0.5) is 4.39 Å². The number of rotatable bonds is 7. The second-order valence-corrected chi connectivity index (χ2v) is 6.97. The molecule has 4 nitrogen and oxygen atoms in total. The average Bonchev–Trinajstić information content (AvgIpc) is 2.28. The van der Waals surface area contributed by atoms with Crippen LogP contribution in [0, 0.1) is 5.82 Å². The van der Waals surface area contributed by atoms with E-state index in [1.54, 1.807) is 0 Å². The quantitative estimate of drug-likeness (QED) is 0.589. The average molecular weight is 375 g/mol. The van der Waals surface area contributed by atoms with E-state index in [-0.39, 0.29) is 10.8 Å². The molecular weight excluding hydrogens is 361 g/mol. The highest BCUT2D eigenvalue weighted by Gasteiger charge is 2.08. The van der Waals surface area contributed by atoms with Crippen LogP contribution >= 0.6 is 27.5 Å². The van der Waals surface area contributed by atoms with Crippen LogP contribution in [-0.2, 0) is 10.0 Å². The van der Waals surface area contributed by atoms with Gasteiger partial charge in [0, 0.05) is 6.07 Å². The zero-order chi connectivity index (χ0) is 14.5. The number of primary sulfonamides is 1. The largest absolute Gasteiger partial charge is 0.492 e. The highest BCUT2D eigenvalue weighted by atomic mass is 79.9. The summed E-state index contributed by atoms with van der Waals surface area (Å²) in [4.78, 5) is 0. The summed E-state index contributed by atoms with van der Waals surface area (Å²) >= 11 is 8.82. The molecule has 0 aromatic heterocycles. The first-order chi connectivity index (χ1) is 8.79. The van der Waals surface area contributed by atoms with E-state index in [0.29, 0.717) is 36.1 Å². The van der Waals surface area contributed by atoms with Crippen molar-refractivity contribution in [2.75, 3.05) is 12.4 Å². The molecule has 19 heavy (non-hydrogen) atoms. The Morgan fingerprint density at radius 2 is 2.00 bits per heavy atom. The first kappa shape index (κ1) is 16.7. The van der Waals surface area contributed by atoms with Crippen LogP contribution in [0.15, 0.2) is 16.6 Å². The van der Waals surface area contributed by atoms with Crippen LogP contribution in [0.25, 0.3) is 0 Å². The number of unbranched alkanes of at least 4 members (excludes halogenated alkanes) is 2. The van der Waals surface area contributed by atoms with Gasteiger partial charge in [-0.2, -0.15) is 0 Å². The molecule has 0 amide bonds. The van der Waals surface area contributed by atoms with Gasteiger partial charge in [0.05, 0.1) is 21.9 Å². The van der Waals surface area contributed by atoms with E-state index in [1.807, 2.05) is 0 Å². The Kier molecular flexibility index (Phi) is 6.52. The number of halogens is 3. The molecule has 0 saturated heterocycles. The summed E-state index contributed by atoms with van der Waals surface area (Å²) in [5, 5.41) is 4.89. The normalized spacial score (nSPS) is 11.6. The fraction of sp³-hybridized carbons (Fsp3) is 0.455. The van der Waals surface area contributed by atoms with E-state index < -0.39 is 15.8 Å². The molecule has 1 rings (SSSR count). The summed E-state index contributed by atoms with van der Waals surface area (Å²) in [5.74, 6) is -0.214. The molecule has 0 unspecified atom stereocenters. The predicted molar refractivity (Wildman–Crippen MR) is 76.4 cm³/mol. The van der Waals surface area contributed by atoms with Crippen LogP contribution in [0.1, 0.15) is 19.3 Å². The molecule has 0 bridgehead atoms. The predicted octanol–water partition coefficient (Wildman–Crippen LogP) is 3.08. The number of hydrogen-bond donors (Lipinski definition) is 1. The van der Waals surface area contributed by atoms with Crippen molar-refractivity contribution in [1.82, 2.24) is 0 Å².